The smallest absolute Gasteiger partial charge is 0.311 e. The number of hydrogen-bond donors (Lipinski definition) is 1. The summed E-state index contributed by atoms with van der Waals surface area (Å²) in [6.45, 7) is 4.83. The molecule has 0 saturated carbocycles. The maximum atomic E-state index is 11.5. The number of aliphatic carboxylic acids is 1. The highest BCUT2D eigenvalue weighted by molar-refractivity contribution is 7.90. The van der Waals surface area contributed by atoms with Crippen LogP contribution < -0.4 is 0 Å². The minimum absolute atomic E-state index is 0.0288. The number of carbonyl (C=O) groups is 1. The van der Waals surface area contributed by atoms with Gasteiger partial charge in [0.2, 0.25) is 0 Å². The van der Waals surface area contributed by atoms with Gasteiger partial charge in [-0.2, -0.15) is 0 Å². The third-order valence-corrected chi connectivity index (χ3v) is 4.86. The van der Waals surface area contributed by atoms with E-state index in [4.69, 9.17) is 0 Å². The third kappa shape index (κ3) is 3.28. The van der Waals surface area contributed by atoms with Crippen molar-refractivity contribution in [3.63, 3.8) is 0 Å². The van der Waals surface area contributed by atoms with Gasteiger partial charge in [-0.1, -0.05) is 6.92 Å². The molecular weight excluding hydrogens is 272 g/mol. The van der Waals surface area contributed by atoms with E-state index < -0.39 is 26.5 Å². The summed E-state index contributed by atoms with van der Waals surface area (Å²) in [5, 5.41) is 19.2. The highest BCUT2D eigenvalue weighted by Crippen LogP contribution is 2.26. The molecule has 0 aliphatic carbocycles. The maximum absolute atomic E-state index is 11.5. The number of aromatic nitrogens is 4. The van der Waals surface area contributed by atoms with Gasteiger partial charge >= 0.3 is 5.97 Å². The SMILES string of the molecule is CCC(C)(Cn1nnnc1C(C)S(C)(=O)=O)C(=O)O. The van der Waals surface area contributed by atoms with Crippen molar-refractivity contribution in [2.24, 2.45) is 5.41 Å². The monoisotopic (exact) mass is 290 g/mol. The summed E-state index contributed by atoms with van der Waals surface area (Å²) >= 11 is 0. The van der Waals surface area contributed by atoms with Crippen LogP contribution in [-0.2, 0) is 21.2 Å². The van der Waals surface area contributed by atoms with Crippen molar-refractivity contribution in [2.75, 3.05) is 6.26 Å². The molecule has 0 bridgehead atoms. The molecule has 8 nitrogen and oxygen atoms in total. The lowest BCUT2D eigenvalue weighted by molar-refractivity contribution is -0.149. The molecule has 2 unspecified atom stereocenters. The van der Waals surface area contributed by atoms with Crippen LogP contribution in [0.1, 0.15) is 38.3 Å². The highest BCUT2D eigenvalue weighted by atomic mass is 32.2. The lowest BCUT2D eigenvalue weighted by Gasteiger charge is -2.23. The van der Waals surface area contributed by atoms with E-state index in [9.17, 15) is 18.3 Å². The number of hydrogen-bond acceptors (Lipinski definition) is 6. The van der Waals surface area contributed by atoms with Crippen molar-refractivity contribution in [1.29, 1.82) is 0 Å². The summed E-state index contributed by atoms with van der Waals surface area (Å²) in [5.74, 6) is -0.813. The second-order valence-electron chi connectivity index (χ2n) is 4.89. The van der Waals surface area contributed by atoms with Gasteiger partial charge in [-0.15, -0.1) is 5.10 Å². The molecule has 2 atom stereocenters. The molecule has 0 spiro atoms. The number of carboxylic acids is 1. The molecule has 0 fully saturated rings. The quantitative estimate of drug-likeness (QED) is 0.800. The van der Waals surface area contributed by atoms with Gasteiger partial charge in [0.05, 0.1) is 12.0 Å². The van der Waals surface area contributed by atoms with Crippen LogP contribution >= 0.6 is 0 Å². The molecule has 1 rings (SSSR count). The van der Waals surface area contributed by atoms with Crippen LogP contribution in [0.2, 0.25) is 0 Å². The van der Waals surface area contributed by atoms with E-state index >= 15 is 0 Å². The molecule has 19 heavy (non-hydrogen) atoms. The largest absolute Gasteiger partial charge is 0.481 e. The van der Waals surface area contributed by atoms with Gasteiger partial charge in [-0.05, 0) is 30.7 Å². The van der Waals surface area contributed by atoms with Crippen LogP contribution in [0.25, 0.3) is 0 Å². The Bertz CT molecular complexity index is 568. The Hall–Kier alpha value is -1.51. The Morgan fingerprint density at radius 3 is 2.53 bits per heavy atom. The molecule has 0 aliphatic rings. The Kier molecular flexibility index (Phi) is 4.28. The topological polar surface area (TPSA) is 115 Å². The molecule has 108 valence electrons. The van der Waals surface area contributed by atoms with Gasteiger partial charge in [0, 0.05) is 6.26 Å². The number of rotatable bonds is 6. The van der Waals surface area contributed by atoms with Crippen molar-refractivity contribution < 1.29 is 18.3 Å². The number of tetrazole rings is 1. The molecule has 0 saturated heterocycles. The fraction of sp³-hybridized carbons (Fsp3) is 0.800. The standard InChI is InChI=1S/C10H18N4O4S/c1-5-10(3,9(15)16)6-14-8(11-12-13-14)7(2)19(4,17)18/h7H,5-6H2,1-4H3,(H,15,16). The molecule has 0 aliphatic heterocycles. The van der Waals surface area contributed by atoms with Crippen LogP contribution in [-0.4, -0.2) is 46.0 Å². The molecular formula is C10H18N4O4S. The lowest BCUT2D eigenvalue weighted by Crippen LogP contribution is -2.33. The van der Waals surface area contributed by atoms with Crippen molar-refractivity contribution in [3.8, 4) is 0 Å². The second-order valence-corrected chi connectivity index (χ2v) is 7.25. The first kappa shape index (κ1) is 15.5. The number of sulfone groups is 1. The Morgan fingerprint density at radius 2 is 2.11 bits per heavy atom. The molecule has 0 amide bonds. The fourth-order valence-corrected chi connectivity index (χ4v) is 2.02. The average molecular weight is 290 g/mol. The molecule has 1 aromatic rings. The molecule has 0 aromatic carbocycles. The van der Waals surface area contributed by atoms with Gasteiger partial charge in [-0.3, -0.25) is 4.79 Å². The lowest BCUT2D eigenvalue weighted by atomic mass is 9.88. The fourth-order valence-electron chi connectivity index (χ4n) is 1.47. The van der Waals surface area contributed by atoms with Crippen molar-refractivity contribution >= 4 is 15.8 Å². The highest BCUT2D eigenvalue weighted by Gasteiger charge is 2.34. The van der Waals surface area contributed by atoms with Gasteiger partial charge in [0.1, 0.15) is 5.25 Å². The van der Waals surface area contributed by atoms with Crippen LogP contribution in [0.3, 0.4) is 0 Å². The van der Waals surface area contributed by atoms with Crippen LogP contribution in [0.4, 0.5) is 0 Å². The summed E-state index contributed by atoms with van der Waals surface area (Å²) in [7, 11) is -3.34. The summed E-state index contributed by atoms with van der Waals surface area (Å²) in [6, 6.07) is 0. The zero-order chi connectivity index (χ0) is 14.8. The van der Waals surface area contributed by atoms with E-state index in [2.05, 4.69) is 15.5 Å². The Morgan fingerprint density at radius 1 is 1.53 bits per heavy atom. The summed E-state index contributed by atoms with van der Waals surface area (Å²) in [5.41, 5.74) is -1.04. The van der Waals surface area contributed by atoms with Crippen LogP contribution in [0, 0.1) is 5.41 Å². The van der Waals surface area contributed by atoms with E-state index in [1.165, 1.54) is 11.6 Å². The molecule has 0 radical (unpaired) electrons. The molecule has 1 aromatic heterocycles. The number of carboxylic acid groups (broad SMARTS) is 1. The van der Waals surface area contributed by atoms with Gasteiger partial charge in [-0.25, -0.2) is 13.1 Å². The van der Waals surface area contributed by atoms with Gasteiger partial charge in [0.25, 0.3) is 0 Å². The minimum atomic E-state index is -3.34. The summed E-state index contributed by atoms with van der Waals surface area (Å²) < 4.78 is 24.3. The zero-order valence-electron chi connectivity index (χ0n) is 11.4. The van der Waals surface area contributed by atoms with Gasteiger partial charge in [0.15, 0.2) is 15.7 Å². The number of nitrogens with zero attached hydrogens (tertiary/aromatic N) is 4. The van der Waals surface area contributed by atoms with E-state index in [1.54, 1.807) is 13.8 Å². The van der Waals surface area contributed by atoms with E-state index in [1.807, 2.05) is 0 Å². The first-order valence-electron chi connectivity index (χ1n) is 5.80. The normalized spacial score (nSPS) is 16.8. The maximum Gasteiger partial charge on any atom is 0.311 e. The zero-order valence-corrected chi connectivity index (χ0v) is 12.2. The summed E-state index contributed by atoms with van der Waals surface area (Å²) in [6.07, 6.45) is 1.47. The van der Waals surface area contributed by atoms with E-state index in [0.717, 1.165) is 6.26 Å². The van der Waals surface area contributed by atoms with Gasteiger partial charge < -0.3 is 5.11 Å². The first-order chi connectivity index (χ1) is 8.62. The van der Waals surface area contributed by atoms with Crippen LogP contribution in [0.5, 0.6) is 0 Å². The van der Waals surface area contributed by atoms with Crippen molar-refractivity contribution in [3.05, 3.63) is 5.82 Å². The molecule has 1 N–H and O–H groups in total. The predicted molar refractivity (Wildman–Crippen MR) is 67.1 cm³/mol. The van der Waals surface area contributed by atoms with Crippen molar-refractivity contribution in [1.82, 2.24) is 20.2 Å². The third-order valence-electron chi connectivity index (χ3n) is 3.36. The van der Waals surface area contributed by atoms with Crippen molar-refractivity contribution in [2.45, 2.75) is 39.0 Å². The molecule has 1 heterocycles. The Balaban J connectivity index is 3.12. The first-order valence-corrected chi connectivity index (χ1v) is 7.75. The summed E-state index contributed by atoms with van der Waals surface area (Å²) in [4.78, 5) is 11.3. The minimum Gasteiger partial charge on any atom is -0.481 e. The Labute approximate surface area is 111 Å². The average Bonchev–Trinajstić information content (AvgIpc) is 2.74. The van der Waals surface area contributed by atoms with E-state index in [0.29, 0.717) is 6.42 Å². The predicted octanol–water partition coefficient (Wildman–Crippen LogP) is 0.280. The second kappa shape index (κ2) is 5.24. The molecule has 9 heteroatoms. The van der Waals surface area contributed by atoms with Crippen LogP contribution in [0.15, 0.2) is 0 Å². The van der Waals surface area contributed by atoms with E-state index in [-0.39, 0.29) is 12.4 Å².